The zero-order chi connectivity index (χ0) is 11.6. The molecule has 2 aromatic carbocycles. The lowest BCUT2D eigenvalue weighted by Crippen LogP contribution is -2.20. The van der Waals surface area contributed by atoms with Crippen molar-refractivity contribution in [2.75, 3.05) is 5.75 Å². The van der Waals surface area contributed by atoms with Crippen LogP contribution < -0.4 is 0 Å². The molecule has 0 N–H and O–H groups in total. The summed E-state index contributed by atoms with van der Waals surface area (Å²) in [4.78, 5) is 0. The molecule has 17 heavy (non-hydrogen) atoms. The zero-order valence-corrected chi connectivity index (χ0v) is 11.1. The summed E-state index contributed by atoms with van der Waals surface area (Å²) in [6.45, 7) is 0. The first-order chi connectivity index (χ1) is 8.42. The van der Waals surface area contributed by atoms with Crippen LogP contribution in [0, 0.1) is 0 Å². The lowest BCUT2D eigenvalue weighted by atomic mass is 9.88. The number of hydrogen-bond donors (Lipinski definition) is 0. The summed E-state index contributed by atoms with van der Waals surface area (Å²) >= 11 is 0. The largest absolute Gasteiger partial charge is 0.0928 e. The summed E-state index contributed by atoms with van der Waals surface area (Å²) in [5, 5.41) is 0. The normalized spacial score (nSPS) is 18.1. The third-order valence-electron chi connectivity index (χ3n) is 3.22. The molecule has 1 aliphatic heterocycles. The van der Waals surface area contributed by atoms with Gasteiger partial charge in [-0.2, -0.15) is 0 Å². The van der Waals surface area contributed by atoms with Gasteiger partial charge in [0.15, 0.2) is 0 Å². The molecule has 2 aromatic rings. The highest BCUT2D eigenvalue weighted by Crippen LogP contribution is 2.56. The summed E-state index contributed by atoms with van der Waals surface area (Å²) in [6, 6.07) is 21.8. The molecule has 0 aliphatic carbocycles. The maximum atomic E-state index is 2.26. The van der Waals surface area contributed by atoms with Gasteiger partial charge in [0.25, 0.3) is 0 Å². The van der Waals surface area contributed by atoms with Crippen molar-refractivity contribution in [3.05, 3.63) is 71.8 Å². The third kappa shape index (κ3) is 2.00. The molecular formula is C15H14S2. The Morgan fingerprint density at radius 3 is 1.71 bits per heavy atom. The van der Waals surface area contributed by atoms with Crippen LogP contribution in [-0.4, -0.2) is 5.75 Å². The molecule has 0 atom stereocenters. The minimum atomic E-state index is 0.160. The van der Waals surface area contributed by atoms with E-state index in [0.29, 0.717) is 0 Å². The Morgan fingerprint density at radius 2 is 1.29 bits per heavy atom. The number of hydrogen-bond acceptors (Lipinski definition) is 2. The van der Waals surface area contributed by atoms with Crippen LogP contribution in [0.4, 0.5) is 0 Å². The zero-order valence-electron chi connectivity index (χ0n) is 9.50. The molecule has 86 valence electrons. The van der Waals surface area contributed by atoms with E-state index >= 15 is 0 Å². The summed E-state index contributed by atoms with van der Waals surface area (Å²) < 4.78 is 0.160. The van der Waals surface area contributed by atoms with E-state index in [1.54, 1.807) is 0 Å². The van der Waals surface area contributed by atoms with E-state index in [2.05, 4.69) is 60.7 Å². The van der Waals surface area contributed by atoms with Crippen molar-refractivity contribution in [3.63, 3.8) is 0 Å². The van der Waals surface area contributed by atoms with Crippen LogP contribution in [0.3, 0.4) is 0 Å². The second kappa shape index (κ2) is 4.79. The van der Waals surface area contributed by atoms with Crippen LogP contribution in [0.25, 0.3) is 0 Å². The van der Waals surface area contributed by atoms with Crippen molar-refractivity contribution < 1.29 is 0 Å². The third-order valence-corrected chi connectivity index (χ3v) is 6.37. The second-order valence-electron chi connectivity index (χ2n) is 4.21. The summed E-state index contributed by atoms with van der Waals surface area (Å²) in [5.41, 5.74) is 2.86. The van der Waals surface area contributed by atoms with Gasteiger partial charge >= 0.3 is 0 Å². The maximum Gasteiger partial charge on any atom is 0.0768 e. The first kappa shape index (κ1) is 11.2. The van der Waals surface area contributed by atoms with Crippen molar-refractivity contribution in [2.45, 2.75) is 11.2 Å². The maximum absolute atomic E-state index is 2.26. The van der Waals surface area contributed by atoms with E-state index in [-0.39, 0.29) is 4.75 Å². The molecular weight excluding hydrogens is 244 g/mol. The van der Waals surface area contributed by atoms with Gasteiger partial charge in [-0.05, 0) is 17.5 Å². The Morgan fingerprint density at radius 1 is 0.765 bits per heavy atom. The molecule has 0 saturated carbocycles. The van der Waals surface area contributed by atoms with Gasteiger partial charge in [-0.15, -0.1) is 0 Å². The molecule has 3 rings (SSSR count). The summed E-state index contributed by atoms with van der Waals surface area (Å²) in [7, 11) is 4.00. The molecule has 1 heterocycles. The van der Waals surface area contributed by atoms with E-state index < -0.39 is 0 Å². The topological polar surface area (TPSA) is 0 Å². The first-order valence-electron chi connectivity index (χ1n) is 5.83. The highest BCUT2D eigenvalue weighted by Gasteiger charge is 2.38. The molecule has 0 radical (unpaired) electrons. The average Bonchev–Trinajstić information content (AvgIpc) is 2.91. The highest BCUT2D eigenvalue weighted by molar-refractivity contribution is 8.77. The number of rotatable bonds is 2. The SMILES string of the molecule is c1ccc(C2(c3ccccc3)CCSS2)cc1. The molecule has 1 aliphatic rings. The van der Waals surface area contributed by atoms with Crippen LogP contribution in [0.15, 0.2) is 60.7 Å². The van der Waals surface area contributed by atoms with Crippen molar-refractivity contribution in [2.24, 2.45) is 0 Å². The Balaban J connectivity index is 2.11. The fourth-order valence-electron chi connectivity index (χ4n) is 2.34. The molecule has 0 unspecified atom stereocenters. The van der Waals surface area contributed by atoms with Crippen LogP contribution in [-0.2, 0) is 4.75 Å². The van der Waals surface area contributed by atoms with Gasteiger partial charge in [0, 0.05) is 5.75 Å². The smallest absolute Gasteiger partial charge is 0.0768 e. The van der Waals surface area contributed by atoms with Crippen molar-refractivity contribution in [1.82, 2.24) is 0 Å². The summed E-state index contributed by atoms with van der Waals surface area (Å²) in [5.74, 6) is 1.23. The van der Waals surface area contributed by atoms with E-state index in [1.165, 1.54) is 23.3 Å². The minimum absolute atomic E-state index is 0.160. The van der Waals surface area contributed by atoms with Crippen LogP contribution in [0.2, 0.25) is 0 Å². The predicted octanol–water partition coefficient (Wildman–Crippen LogP) is 4.72. The van der Waals surface area contributed by atoms with Crippen molar-refractivity contribution in [1.29, 1.82) is 0 Å². The van der Waals surface area contributed by atoms with Crippen molar-refractivity contribution in [3.8, 4) is 0 Å². The monoisotopic (exact) mass is 258 g/mol. The van der Waals surface area contributed by atoms with Crippen LogP contribution >= 0.6 is 21.6 Å². The lowest BCUT2D eigenvalue weighted by Gasteiger charge is -2.28. The summed E-state index contributed by atoms with van der Waals surface area (Å²) in [6.07, 6.45) is 1.22. The van der Waals surface area contributed by atoms with E-state index in [4.69, 9.17) is 0 Å². The molecule has 0 nitrogen and oxygen atoms in total. The molecule has 0 spiro atoms. The standard InChI is InChI=1S/C15H14S2/c1-3-7-13(8-4-1)15(11-12-16-17-15)14-9-5-2-6-10-14/h1-10H,11-12H2. The molecule has 1 saturated heterocycles. The van der Waals surface area contributed by atoms with E-state index in [0.717, 1.165) is 0 Å². The Kier molecular flexibility index (Phi) is 3.17. The fraction of sp³-hybridized carbons (Fsp3) is 0.200. The Bertz CT molecular complexity index is 431. The molecule has 0 aromatic heterocycles. The minimum Gasteiger partial charge on any atom is -0.0928 e. The first-order valence-corrected chi connectivity index (χ1v) is 8.15. The quantitative estimate of drug-likeness (QED) is 0.715. The van der Waals surface area contributed by atoms with E-state index in [9.17, 15) is 0 Å². The van der Waals surface area contributed by atoms with E-state index in [1.807, 2.05) is 21.6 Å². The molecule has 1 fully saturated rings. The number of benzene rings is 2. The van der Waals surface area contributed by atoms with Gasteiger partial charge in [-0.1, -0.05) is 82.3 Å². The molecule has 0 bridgehead atoms. The Hall–Kier alpha value is -0.860. The second-order valence-corrected chi connectivity index (χ2v) is 6.93. The average molecular weight is 258 g/mol. The van der Waals surface area contributed by atoms with Gasteiger partial charge in [0.05, 0.1) is 4.75 Å². The van der Waals surface area contributed by atoms with Gasteiger partial charge in [-0.3, -0.25) is 0 Å². The van der Waals surface area contributed by atoms with Crippen molar-refractivity contribution >= 4 is 21.6 Å². The van der Waals surface area contributed by atoms with Crippen LogP contribution in [0.5, 0.6) is 0 Å². The van der Waals surface area contributed by atoms with Gasteiger partial charge in [0.1, 0.15) is 0 Å². The fourth-order valence-corrected chi connectivity index (χ4v) is 5.72. The highest BCUT2D eigenvalue weighted by atomic mass is 33.1. The molecule has 2 heteroatoms. The van der Waals surface area contributed by atoms with Gasteiger partial charge < -0.3 is 0 Å². The predicted molar refractivity (Wildman–Crippen MR) is 78.3 cm³/mol. The Labute approximate surface area is 110 Å². The van der Waals surface area contributed by atoms with Gasteiger partial charge in [-0.25, -0.2) is 0 Å². The van der Waals surface area contributed by atoms with Crippen LogP contribution in [0.1, 0.15) is 17.5 Å². The molecule has 0 amide bonds. The lowest BCUT2D eigenvalue weighted by molar-refractivity contribution is 0.731. The van der Waals surface area contributed by atoms with Gasteiger partial charge in [0.2, 0.25) is 0 Å².